The van der Waals surface area contributed by atoms with Gasteiger partial charge in [-0.3, -0.25) is 0 Å². The third-order valence-corrected chi connectivity index (χ3v) is 3.33. The number of carboxylic acid groups (broad SMARTS) is 1. The largest absolute Gasteiger partial charge is 0.478 e. The lowest BCUT2D eigenvalue weighted by Gasteiger charge is -2.05. The molecule has 0 aliphatic heterocycles. The minimum absolute atomic E-state index is 0.350. The van der Waals surface area contributed by atoms with Gasteiger partial charge in [0.25, 0.3) is 0 Å². The molecule has 0 spiro atoms. The zero-order chi connectivity index (χ0) is 13.6. The monoisotopic (exact) mass is 261 g/mol. The highest BCUT2D eigenvalue weighted by Crippen LogP contribution is 2.41. The van der Waals surface area contributed by atoms with Crippen molar-refractivity contribution in [3.63, 3.8) is 0 Å². The van der Waals surface area contributed by atoms with Gasteiger partial charge in [0, 0.05) is 17.5 Å². The molecule has 98 valence electrons. The molecule has 0 saturated heterocycles. The van der Waals surface area contributed by atoms with Crippen LogP contribution in [-0.4, -0.2) is 16.2 Å². The lowest BCUT2D eigenvalue weighted by Crippen LogP contribution is -2.02. The topological polar surface area (TPSA) is 63.3 Å². The fourth-order valence-corrected chi connectivity index (χ4v) is 2.09. The molecule has 19 heavy (non-hydrogen) atoms. The zero-order valence-corrected chi connectivity index (χ0v) is 10.3. The summed E-state index contributed by atoms with van der Waals surface area (Å²) in [6.45, 7) is 1.72. The normalized spacial score (nSPS) is 14.6. The summed E-state index contributed by atoms with van der Waals surface area (Å²) in [6.07, 6.45) is 2.19. The van der Waals surface area contributed by atoms with E-state index in [1.807, 2.05) is 6.07 Å². The van der Waals surface area contributed by atoms with E-state index in [0.29, 0.717) is 22.7 Å². The molecule has 1 aromatic heterocycles. The molecule has 0 amide bonds. The van der Waals surface area contributed by atoms with Crippen molar-refractivity contribution in [2.24, 2.45) is 0 Å². The molecule has 1 heterocycles. The number of nitrogens with zero attached hydrogens (tertiary/aromatic N) is 1. The van der Waals surface area contributed by atoms with Gasteiger partial charge in [0.1, 0.15) is 17.3 Å². The maximum atomic E-state index is 13.5. The predicted octanol–water partition coefficient (Wildman–Crippen LogP) is 3.36. The predicted molar refractivity (Wildman–Crippen MR) is 65.6 cm³/mol. The quantitative estimate of drug-likeness (QED) is 0.920. The molecule has 1 fully saturated rings. The molecule has 1 aromatic carbocycles. The molecule has 1 N–H and O–H groups in total. The van der Waals surface area contributed by atoms with E-state index in [1.54, 1.807) is 6.92 Å². The van der Waals surface area contributed by atoms with E-state index in [9.17, 15) is 9.18 Å². The van der Waals surface area contributed by atoms with Gasteiger partial charge in [-0.25, -0.2) is 9.18 Å². The summed E-state index contributed by atoms with van der Waals surface area (Å²) in [5, 5.41) is 12.9. The Kier molecular flexibility index (Phi) is 2.62. The summed E-state index contributed by atoms with van der Waals surface area (Å²) in [5.41, 5.74) is 1.44. The first-order chi connectivity index (χ1) is 9.06. The fourth-order valence-electron chi connectivity index (χ4n) is 2.09. The zero-order valence-electron chi connectivity index (χ0n) is 10.3. The molecule has 3 rings (SSSR count). The van der Waals surface area contributed by atoms with Gasteiger partial charge in [-0.1, -0.05) is 5.16 Å². The molecule has 1 aliphatic rings. The maximum absolute atomic E-state index is 13.5. The SMILES string of the molecule is Cc1cc(F)c(C(=O)O)cc1-c1cc(C2CC2)on1. The number of aromatic carboxylic acids is 1. The van der Waals surface area contributed by atoms with Crippen molar-refractivity contribution >= 4 is 5.97 Å². The maximum Gasteiger partial charge on any atom is 0.338 e. The first kappa shape index (κ1) is 11.9. The van der Waals surface area contributed by atoms with Crippen LogP contribution in [0.2, 0.25) is 0 Å². The molecule has 0 bridgehead atoms. The van der Waals surface area contributed by atoms with E-state index in [-0.39, 0.29) is 5.56 Å². The number of halogens is 1. The van der Waals surface area contributed by atoms with E-state index in [0.717, 1.165) is 18.6 Å². The van der Waals surface area contributed by atoms with Gasteiger partial charge in [-0.2, -0.15) is 0 Å². The lowest BCUT2D eigenvalue weighted by atomic mass is 10.0. The van der Waals surface area contributed by atoms with E-state index < -0.39 is 11.8 Å². The van der Waals surface area contributed by atoms with Crippen molar-refractivity contribution in [3.8, 4) is 11.3 Å². The first-order valence-electron chi connectivity index (χ1n) is 6.06. The summed E-state index contributed by atoms with van der Waals surface area (Å²) in [6, 6.07) is 4.33. The number of carbonyl (C=O) groups is 1. The Balaban J connectivity index is 2.07. The van der Waals surface area contributed by atoms with Crippen LogP contribution < -0.4 is 0 Å². The highest BCUT2D eigenvalue weighted by molar-refractivity contribution is 5.90. The lowest BCUT2D eigenvalue weighted by molar-refractivity contribution is 0.0692. The van der Waals surface area contributed by atoms with Crippen LogP contribution in [0.15, 0.2) is 22.7 Å². The number of aromatic nitrogens is 1. The van der Waals surface area contributed by atoms with E-state index in [1.165, 1.54) is 12.1 Å². The minimum atomic E-state index is -1.29. The second kappa shape index (κ2) is 4.19. The molecule has 1 aliphatic carbocycles. The second-order valence-electron chi connectivity index (χ2n) is 4.84. The molecular formula is C14H12FNO3. The number of benzene rings is 1. The summed E-state index contributed by atoms with van der Waals surface area (Å²) >= 11 is 0. The molecule has 0 radical (unpaired) electrons. The van der Waals surface area contributed by atoms with Gasteiger partial charge in [-0.05, 0) is 37.5 Å². The molecule has 1 saturated carbocycles. The Hall–Kier alpha value is -2.17. The van der Waals surface area contributed by atoms with Gasteiger partial charge in [0.15, 0.2) is 0 Å². The number of hydrogen-bond acceptors (Lipinski definition) is 3. The van der Waals surface area contributed by atoms with Gasteiger partial charge in [0.2, 0.25) is 0 Å². The Morgan fingerprint density at radius 1 is 1.42 bits per heavy atom. The smallest absolute Gasteiger partial charge is 0.338 e. The molecule has 0 unspecified atom stereocenters. The van der Waals surface area contributed by atoms with Crippen molar-refractivity contribution < 1.29 is 18.8 Å². The Morgan fingerprint density at radius 3 is 2.79 bits per heavy atom. The van der Waals surface area contributed by atoms with Gasteiger partial charge in [-0.15, -0.1) is 0 Å². The van der Waals surface area contributed by atoms with E-state index in [2.05, 4.69) is 5.16 Å². The van der Waals surface area contributed by atoms with Crippen molar-refractivity contribution in [3.05, 3.63) is 40.9 Å². The highest BCUT2D eigenvalue weighted by Gasteiger charge is 2.28. The van der Waals surface area contributed by atoms with Crippen LogP contribution in [-0.2, 0) is 0 Å². The first-order valence-corrected chi connectivity index (χ1v) is 6.06. The Bertz CT molecular complexity index is 659. The third-order valence-electron chi connectivity index (χ3n) is 3.33. The van der Waals surface area contributed by atoms with Crippen LogP contribution >= 0.6 is 0 Å². The van der Waals surface area contributed by atoms with Crippen LogP contribution in [0.25, 0.3) is 11.3 Å². The summed E-state index contributed by atoms with van der Waals surface area (Å²) in [4.78, 5) is 11.0. The average molecular weight is 261 g/mol. The molecule has 0 atom stereocenters. The van der Waals surface area contributed by atoms with Gasteiger partial charge in [0.05, 0.1) is 5.56 Å². The van der Waals surface area contributed by atoms with E-state index >= 15 is 0 Å². The van der Waals surface area contributed by atoms with Crippen LogP contribution in [0.4, 0.5) is 4.39 Å². The molecular weight excluding hydrogens is 249 g/mol. The number of aryl methyl sites for hydroxylation is 1. The minimum Gasteiger partial charge on any atom is -0.478 e. The Morgan fingerprint density at radius 2 is 2.16 bits per heavy atom. The van der Waals surface area contributed by atoms with E-state index in [4.69, 9.17) is 9.63 Å². The van der Waals surface area contributed by atoms with Gasteiger partial charge >= 0.3 is 5.97 Å². The van der Waals surface area contributed by atoms with Crippen molar-refractivity contribution in [2.75, 3.05) is 0 Å². The highest BCUT2D eigenvalue weighted by atomic mass is 19.1. The Labute approximate surface area is 108 Å². The van der Waals surface area contributed by atoms with Crippen molar-refractivity contribution in [1.29, 1.82) is 0 Å². The van der Waals surface area contributed by atoms with Gasteiger partial charge < -0.3 is 9.63 Å². The summed E-state index contributed by atoms with van der Waals surface area (Å²) in [7, 11) is 0. The van der Waals surface area contributed by atoms with Crippen LogP contribution in [0.5, 0.6) is 0 Å². The van der Waals surface area contributed by atoms with Crippen molar-refractivity contribution in [2.45, 2.75) is 25.7 Å². The van der Waals surface area contributed by atoms with Crippen molar-refractivity contribution in [1.82, 2.24) is 5.16 Å². The number of hydrogen-bond donors (Lipinski definition) is 1. The van der Waals surface area contributed by atoms with Crippen LogP contribution in [0.1, 0.15) is 40.4 Å². The summed E-state index contributed by atoms with van der Waals surface area (Å²) in [5.74, 6) is -0.777. The molecule has 4 nitrogen and oxygen atoms in total. The molecule has 2 aromatic rings. The standard InChI is InChI=1S/C14H12FNO3/c1-7-4-11(15)10(14(17)18)5-9(7)12-6-13(19-16-12)8-2-3-8/h4-6,8H,2-3H2,1H3,(H,17,18). The number of carboxylic acids is 1. The third kappa shape index (κ3) is 2.12. The second-order valence-corrected chi connectivity index (χ2v) is 4.84. The fraction of sp³-hybridized carbons (Fsp3) is 0.286. The van der Waals surface area contributed by atoms with Crippen LogP contribution in [0.3, 0.4) is 0 Å². The molecule has 5 heteroatoms. The van der Waals surface area contributed by atoms with Crippen LogP contribution in [0, 0.1) is 12.7 Å². The average Bonchev–Trinajstić information content (AvgIpc) is 3.08. The summed E-state index contributed by atoms with van der Waals surface area (Å²) < 4.78 is 18.8. The number of rotatable bonds is 3.